The number of aromatic nitrogens is 4. The van der Waals surface area contributed by atoms with Crippen LogP contribution in [-0.4, -0.2) is 27.0 Å². The molecule has 0 spiro atoms. The van der Waals surface area contributed by atoms with Crippen molar-refractivity contribution in [3.63, 3.8) is 0 Å². The molecule has 5 nitrogen and oxygen atoms in total. The van der Waals surface area contributed by atoms with Gasteiger partial charge in [-0.05, 0) is 47.6 Å². The lowest BCUT2D eigenvalue weighted by Crippen LogP contribution is -2.12. The van der Waals surface area contributed by atoms with Crippen molar-refractivity contribution in [1.82, 2.24) is 25.3 Å². The maximum Gasteiger partial charge on any atom is 0.181 e. The molecule has 0 saturated carbocycles. The van der Waals surface area contributed by atoms with Crippen LogP contribution in [-0.2, 0) is 0 Å². The van der Waals surface area contributed by atoms with Crippen LogP contribution in [0.5, 0.6) is 0 Å². The summed E-state index contributed by atoms with van der Waals surface area (Å²) in [5, 5.41) is 4.10. The van der Waals surface area contributed by atoms with Crippen molar-refractivity contribution in [2.75, 3.05) is 7.05 Å². The number of halogens is 1. The van der Waals surface area contributed by atoms with E-state index >= 15 is 0 Å². The summed E-state index contributed by atoms with van der Waals surface area (Å²) in [6, 6.07) is 6.68. The molecule has 108 valence electrons. The monoisotopic (exact) mass is 363 g/mol. The number of hydrogen-bond acceptors (Lipinski definition) is 5. The van der Waals surface area contributed by atoms with Crippen LogP contribution in [0.3, 0.4) is 0 Å². The Bertz CT molecular complexity index is 773. The Kier molecular flexibility index (Phi) is 4.23. The predicted octanol–water partition coefficient (Wildman–Crippen LogP) is 3.55. The number of fused-ring (bicyclic) bond motifs is 1. The average Bonchev–Trinajstić information content (AvgIpc) is 2.98. The van der Waals surface area contributed by atoms with Crippen LogP contribution >= 0.6 is 27.7 Å². The lowest BCUT2D eigenvalue weighted by atomic mass is 10.1. The van der Waals surface area contributed by atoms with Crippen LogP contribution in [0, 0.1) is 0 Å². The molecule has 0 saturated heterocycles. The first-order valence-corrected chi connectivity index (χ1v) is 8.08. The minimum Gasteiger partial charge on any atom is -0.341 e. The number of hydrogen-bond donors (Lipinski definition) is 2. The molecule has 3 aromatic rings. The summed E-state index contributed by atoms with van der Waals surface area (Å²) in [5.41, 5.74) is 2.79. The van der Waals surface area contributed by atoms with Crippen LogP contribution in [0.25, 0.3) is 11.2 Å². The summed E-state index contributed by atoms with van der Waals surface area (Å²) in [6.07, 6.45) is 3.17. The molecule has 0 aliphatic rings. The third kappa shape index (κ3) is 2.95. The summed E-state index contributed by atoms with van der Waals surface area (Å²) in [6.45, 7) is 2.13. The highest BCUT2D eigenvalue weighted by atomic mass is 79.9. The second-order valence-corrected chi connectivity index (χ2v) is 6.47. The number of nitrogens with zero attached hydrogens (tertiary/aromatic N) is 3. The van der Waals surface area contributed by atoms with Crippen molar-refractivity contribution in [2.45, 2.75) is 22.9 Å². The van der Waals surface area contributed by atoms with Gasteiger partial charge < -0.3 is 10.3 Å². The third-order valence-electron chi connectivity index (χ3n) is 3.28. The van der Waals surface area contributed by atoms with Crippen LogP contribution in [0.2, 0.25) is 0 Å². The Morgan fingerprint density at radius 3 is 2.90 bits per heavy atom. The van der Waals surface area contributed by atoms with E-state index in [9.17, 15) is 0 Å². The van der Waals surface area contributed by atoms with Gasteiger partial charge in [0, 0.05) is 15.4 Å². The normalized spacial score (nSPS) is 12.7. The zero-order valence-electron chi connectivity index (χ0n) is 11.6. The van der Waals surface area contributed by atoms with Gasteiger partial charge in [-0.25, -0.2) is 15.0 Å². The van der Waals surface area contributed by atoms with Crippen LogP contribution in [0.15, 0.2) is 45.2 Å². The summed E-state index contributed by atoms with van der Waals surface area (Å²) in [5.74, 6) is 0. The number of imidazole rings is 1. The van der Waals surface area contributed by atoms with E-state index in [1.165, 1.54) is 11.9 Å². The van der Waals surface area contributed by atoms with Gasteiger partial charge in [-0.2, -0.15) is 0 Å². The van der Waals surface area contributed by atoms with Gasteiger partial charge in [0.2, 0.25) is 0 Å². The van der Waals surface area contributed by atoms with Crippen molar-refractivity contribution < 1.29 is 0 Å². The fourth-order valence-corrected chi connectivity index (χ4v) is 3.45. The Morgan fingerprint density at radius 1 is 1.29 bits per heavy atom. The Morgan fingerprint density at radius 2 is 2.14 bits per heavy atom. The quantitative estimate of drug-likeness (QED) is 0.693. The summed E-state index contributed by atoms with van der Waals surface area (Å²) in [4.78, 5) is 16.8. The zero-order chi connectivity index (χ0) is 14.8. The highest BCUT2D eigenvalue weighted by Gasteiger charge is 2.11. The van der Waals surface area contributed by atoms with Gasteiger partial charge in [-0.15, -0.1) is 0 Å². The second kappa shape index (κ2) is 6.13. The average molecular weight is 364 g/mol. The molecule has 0 aliphatic carbocycles. The van der Waals surface area contributed by atoms with Gasteiger partial charge in [0.1, 0.15) is 16.9 Å². The number of H-pyrrole nitrogens is 1. The van der Waals surface area contributed by atoms with E-state index in [0.717, 1.165) is 19.9 Å². The van der Waals surface area contributed by atoms with Crippen molar-refractivity contribution >= 4 is 38.9 Å². The van der Waals surface area contributed by atoms with Crippen molar-refractivity contribution in [1.29, 1.82) is 0 Å². The van der Waals surface area contributed by atoms with E-state index in [2.05, 4.69) is 66.3 Å². The van der Waals surface area contributed by atoms with E-state index < -0.39 is 0 Å². The van der Waals surface area contributed by atoms with Crippen molar-refractivity contribution in [3.05, 3.63) is 40.9 Å². The molecule has 0 fully saturated rings. The number of nitrogens with one attached hydrogen (secondary N) is 2. The largest absolute Gasteiger partial charge is 0.341 e. The van der Waals surface area contributed by atoms with Gasteiger partial charge >= 0.3 is 0 Å². The zero-order valence-corrected chi connectivity index (χ0v) is 14.0. The molecule has 21 heavy (non-hydrogen) atoms. The van der Waals surface area contributed by atoms with Crippen molar-refractivity contribution in [2.24, 2.45) is 0 Å². The van der Waals surface area contributed by atoms with Crippen LogP contribution in [0.1, 0.15) is 18.5 Å². The lowest BCUT2D eigenvalue weighted by molar-refractivity contribution is 0.651. The van der Waals surface area contributed by atoms with E-state index in [1.54, 1.807) is 18.1 Å². The number of benzene rings is 1. The van der Waals surface area contributed by atoms with E-state index in [1.807, 2.05) is 7.05 Å². The minimum absolute atomic E-state index is 0.318. The van der Waals surface area contributed by atoms with Gasteiger partial charge in [-0.1, -0.05) is 17.8 Å². The standard InChI is InChI=1S/C14H14BrN5S/c1-8(16-2)9-3-4-11(10(15)5-9)21-14-12-13(18-6-17-12)19-7-20-14/h3-8,16H,1-2H3,(H,17,18,19,20). The molecule has 0 bridgehead atoms. The van der Waals surface area contributed by atoms with Gasteiger partial charge in [0.25, 0.3) is 0 Å². The first-order chi connectivity index (χ1) is 10.2. The van der Waals surface area contributed by atoms with E-state index in [-0.39, 0.29) is 0 Å². The first kappa shape index (κ1) is 14.5. The number of aromatic amines is 1. The molecule has 3 rings (SSSR count). The molecule has 0 amide bonds. The highest BCUT2D eigenvalue weighted by molar-refractivity contribution is 9.10. The van der Waals surface area contributed by atoms with E-state index in [0.29, 0.717) is 11.7 Å². The molecule has 0 radical (unpaired) electrons. The smallest absolute Gasteiger partial charge is 0.181 e. The minimum atomic E-state index is 0.318. The highest BCUT2D eigenvalue weighted by Crippen LogP contribution is 2.35. The van der Waals surface area contributed by atoms with Gasteiger partial charge in [0.15, 0.2) is 5.65 Å². The first-order valence-electron chi connectivity index (χ1n) is 6.47. The molecule has 0 aliphatic heterocycles. The maximum absolute atomic E-state index is 4.34. The van der Waals surface area contributed by atoms with Gasteiger partial charge in [0.05, 0.1) is 6.33 Å². The number of rotatable bonds is 4. The molecule has 1 aromatic carbocycles. The molecule has 2 heterocycles. The van der Waals surface area contributed by atoms with Gasteiger partial charge in [-0.3, -0.25) is 0 Å². The molecule has 1 atom stereocenters. The summed E-state index contributed by atoms with van der Waals surface area (Å²) < 4.78 is 1.05. The topological polar surface area (TPSA) is 66.5 Å². The second-order valence-electron chi connectivity index (χ2n) is 4.58. The third-order valence-corrected chi connectivity index (χ3v) is 5.28. The van der Waals surface area contributed by atoms with Crippen LogP contribution in [0.4, 0.5) is 0 Å². The SMILES string of the molecule is CNC(C)c1ccc(Sc2ncnc3nc[nH]c23)c(Br)c1. The summed E-state index contributed by atoms with van der Waals surface area (Å²) >= 11 is 5.23. The van der Waals surface area contributed by atoms with Crippen molar-refractivity contribution in [3.8, 4) is 0 Å². The van der Waals surface area contributed by atoms with Crippen LogP contribution < -0.4 is 5.32 Å². The Hall–Kier alpha value is -1.44. The van der Waals surface area contributed by atoms with E-state index in [4.69, 9.17) is 0 Å². The molecule has 1 unspecified atom stereocenters. The molecule has 7 heteroatoms. The lowest BCUT2D eigenvalue weighted by Gasteiger charge is -2.12. The molecule has 2 aromatic heterocycles. The maximum atomic E-state index is 4.34. The molecular formula is C14H14BrN5S. The summed E-state index contributed by atoms with van der Waals surface area (Å²) in [7, 11) is 1.96. The Balaban J connectivity index is 1.93. The fraction of sp³-hybridized carbons (Fsp3) is 0.214. The molecule has 2 N–H and O–H groups in total. The Labute approximate surface area is 135 Å². The fourth-order valence-electron chi connectivity index (χ4n) is 1.96. The predicted molar refractivity (Wildman–Crippen MR) is 87.4 cm³/mol. The molecular weight excluding hydrogens is 350 g/mol.